The number of nitrogens with one attached hydrogen (secondary N) is 5. The fraction of sp³-hybridized carbons (Fsp3) is 0.500. The number of aliphatic carboxylic acids is 1. The van der Waals surface area contributed by atoms with Crippen molar-refractivity contribution in [1.82, 2.24) is 59.9 Å². The van der Waals surface area contributed by atoms with E-state index in [4.69, 9.17) is 35.2 Å². The van der Waals surface area contributed by atoms with Crippen LogP contribution in [0, 0.1) is 71.0 Å². The van der Waals surface area contributed by atoms with Gasteiger partial charge < -0.3 is 50.0 Å². The van der Waals surface area contributed by atoms with Crippen LogP contribution in [0.25, 0.3) is 22.3 Å². The van der Waals surface area contributed by atoms with Crippen molar-refractivity contribution in [1.29, 1.82) is 0 Å². The van der Waals surface area contributed by atoms with Crippen molar-refractivity contribution >= 4 is 73.0 Å². The molecule has 6 aliphatic heterocycles. The number of hydrogen-bond donors (Lipinski definition) is 8. The standard InChI is InChI=1S/C32H40N4O4.C30H38N4O2.C26H30N2O4S.C26H30N2O2S/c1-4-26-21-33-30(34-26)28(37)19-24-5-6-25(20-27(24)23-7-9-31(2,3)10-8-23)32(11-17-40-18-12-32)36-15-13-35(14-16-36)22-29(38)39;1-4-25-21-32-28(33-25)27(35)19-23-5-6-24(20-26(23)22-7-9-29(2,3)10-8-22)30(11-17-36-18-12-30)34-15-13-31-14-16-34;1-4-21-17-27-24(28-21)23(29)15-19-5-6-20(26(30)11-13-33(31,32)14-12-26)16-22(19)18-7-9-25(2,3)10-8-18;1-4-21-17-27-24(28-21)23(29)15-19-5-6-20(26(30)11-13-31-14-12-26)16-22(19)18-7-9-25(2,3)10-8-18/h1,5-7,20-21H,8-19,22H2,2-3H3,(H,33,34)(H,38,39);1,5-7,20-21,31H,8-19H2,2-3H3,(H,32,33);1,5-7,16-17,30H,8-15H2,2-3H3,(H,27,28);1,5-7,16-17,30H,8-15H2,2-3H3,(H,27,28). The number of carboxylic acid groups (broad SMARTS) is 1. The van der Waals surface area contributed by atoms with Crippen LogP contribution >= 0.6 is 11.8 Å². The summed E-state index contributed by atoms with van der Waals surface area (Å²) in [6.45, 7) is 28.6. The number of thioether (sulfide) groups is 1. The highest BCUT2D eigenvalue weighted by Gasteiger charge is 2.46. The Hall–Kier alpha value is -11.0. The van der Waals surface area contributed by atoms with Gasteiger partial charge in [0.15, 0.2) is 33.1 Å². The van der Waals surface area contributed by atoms with E-state index in [0.29, 0.717) is 76.3 Å². The van der Waals surface area contributed by atoms with Gasteiger partial charge in [0, 0.05) is 104 Å². The number of aliphatic hydroxyl groups is 2. The first-order chi connectivity index (χ1) is 66.9. The molecule has 0 radical (unpaired) electrons. The zero-order valence-corrected chi connectivity index (χ0v) is 84.4. The molecule has 4 aromatic heterocycles. The van der Waals surface area contributed by atoms with Crippen molar-refractivity contribution in [3.8, 4) is 49.4 Å². The maximum absolute atomic E-state index is 13.2. The summed E-state index contributed by atoms with van der Waals surface area (Å²) in [5, 5.41) is 35.3. The number of hydrogen-bond acceptors (Lipinski definition) is 20. The van der Waals surface area contributed by atoms with Gasteiger partial charge in [-0.1, -0.05) is 152 Å². The predicted octanol–water partition coefficient (Wildman–Crippen LogP) is 17.4. The van der Waals surface area contributed by atoms with Gasteiger partial charge in [-0.25, -0.2) is 28.4 Å². The van der Waals surface area contributed by atoms with E-state index in [1.54, 1.807) is 6.20 Å². The first-order valence-corrected chi connectivity index (χ1v) is 52.9. The second-order valence-electron chi connectivity index (χ2n) is 42.9. The van der Waals surface area contributed by atoms with Crippen LogP contribution in [0.1, 0.15) is 316 Å². The molecule has 10 heterocycles. The van der Waals surface area contributed by atoms with Gasteiger partial charge in [0.25, 0.3) is 0 Å². The van der Waals surface area contributed by atoms with Crippen LogP contribution in [-0.2, 0) is 72.1 Å². The number of carbonyl (C=O) groups is 5. The summed E-state index contributed by atoms with van der Waals surface area (Å²) < 4.78 is 35.4. The van der Waals surface area contributed by atoms with E-state index < -0.39 is 27.0 Å². The quantitative estimate of drug-likeness (QED) is 0.0206. The molecule has 6 fully saturated rings. The van der Waals surface area contributed by atoms with E-state index in [1.807, 2.05) is 47.0 Å². The van der Waals surface area contributed by atoms with Crippen molar-refractivity contribution in [3.05, 3.63) is 235 Å². The minimum atomic E-state index is -3.10. The first kappa shape index (κ1) is 103. The van der Waals surface area contributed by atoms with Crippen LogP contribution in [-0.4, -0.2) is 216 Å². The number of carbonyl (C=O) groups excluding carboxylic acids is 4. The number of terminal acetylenes is 4. The van der Waals surface area contributed by atoms with Crippen LogP contribution in [0.2, 0.25) is 0 Å². The lowest BCUT2D eigenvalue weighted by molar-refractivity contribution is -0.139. The molecular formula is C114H138N12O12S2. The largest absolute Gasteiger partial charge is 0.480 e. The van der Waals surface area contributed by atoms with Gasteiger partial charge in [-0.3, -0.25) is 38.7 Å². The van der Waals surface area contributed by atoms with Gasteiger partial charge in [-0.2, -0.15) is 11.8 Å². The Kier molecular flexibility index (Phi) is 32.7. The third kappa shape index (κ3) is 25.2. The molecule has 4 aliphatic carbocycles. The van der Waals surface area contributed by atoms with Crippen molar-refractivity contribution in [2.45, 2.75) is 232 Å². The summed E-state index contributed by atoms with van der Waals surface area (Å²) in [4.78, 5) is 99.0. The third-order valence-corrected chi connectivity index (χ3v) is 33.6. The minimum absolute atomic E-state index is 0.0190. The number of benzene rings is 4. The van der Waals surface area contributed by atoms with E-state index in [2.05, 4.69) is 201 Å². The number of H-pyrrole nitrogens is 4. The zero-order chi connectivity index (χ0) is 99.4. The van der Waals surface area contributed by atoms with Crippen LogP contribution in [0.15, 0.2) is 122 Å². The molecule has 738 valence electrons. The molecule has 0 spiro atoms. The van der Waals surface area contributed by atoms with Crippen molar-refractivity contribution in [2.75, 3.05) is 108 Å². The Bertz CT molecular complexity index is 6310. The summed E-state index contributed by atoms with van der Waals surface area (Å²) in [6, 6.07) is 25.3. The molecule has 10 aliphatic rings. The number of aromatic nitrogens is 8. The Balaban J connectivity index is 0.000000142. The normalized spacial score (nSPS) is 21.2. The molecule has 26 heteroatoms. The molecule has 6 saturated heterocycles. The highest BCUT2D eigenvalue weighted by molar-refractivity contribution is 7.99. The van der Waals surface area contributed by atoms with Crippen LogP contribution < -0.4 is 5.32 Å². The van der Waals surface area contributed by atoms with Crippen LogP contribution in [0.3, 0.4) is 0 Å². The molecule has 8 aromatic rings. The van der Waals surface area contributed by atoms with Crippen molar-refractivity contribution in [2.24, 2.45) is 21.7 Å². The smallest absolute Gasteiger partial charge is 0.317 e. The minimum Gasteiger partial charge on any atom is -0.480 e. The average molecular weight is 1930 g/mol. The van der Waals surface area contributed by atoms with Gasteiger partial charge in [-0.05, 0) is 275 Å². The molecule has 4 aromatic carbocycles. The fourth-order valence-electron chi connectivity index (χ4n) is 21.5. The Morgan fingerprint density at radius 3 is 0.986 bits per heavy atom. The lowest BCUT2D eigenvalue weighted by Crippen LogP contribution is -2.57. The van der Waals surface area contributed by atoms with Gasteiger partial charge in [0.2, 0.25) is 23.1 Å². The number of ketones is 4. The van der Waals surface area contributed by atoms with Gasteiger partial charge in [-0.15, -0.1) is 25.7 Å². The summed E-state index contributed by atoms with van der Waals surface area (Å²) >= 11 is 1.90. The predicted molar refractivity (Wildman–Crippen MR) is 552 cm³/mol. The maximum Gasteiger partial charge on any atom is 0.317 e. The SMILES string of the molecule is C#Cc1cnc(C(=O)Cc2ccc(C3(N4CCN(CC(=O)O)CC4)CCOCC3)cc2C2=CCC(C)(C)CC2)[nH]1.C#Cc1cnc(C(=O)Cc2ccc(C3(N4CCNCC4)CCOCC3)cc2C2=CCC(C)(C)CC2)[nH]1.C#Cc1cnc(C(=O)Cc2ccc(C3(O)CCS(=O)(=O)CC3)cc2C2=CCC(C)(C)CC2)[nH]1.C#Cc1cnc(C(=O)Cc2ccc(C3(O)CCSCC3)cc2C2=CCC(C)(C)CC2)[nH]1. The van der Waals surface area contributed by atoms with Gasteiger partial charge in [0.05, 0.1) is 65.1 Å². The Morgan fingerprint density at radius 1 is 0.407 bits per heavy atom. The van der Waals surface area contributed by atoms with Gasteiger partial charge in [0.1, 0.15) is 22.8 Å². The molecule has 0 saturated carbocycles. The highest BCUT2D eigenvalue weighted by atomic mass is 32.2. The van der Waals surface area contributed by atoms with Crippen molar-refractivity contribution < 1.29 is 57.2 Å². The number of rotatable bonds is 24. The number of sulfone groups is 1. The molecule has 140 heavy (non-hydrogen) atoms. The zero-order valence-electron chi connectivity index (χ0n) is 82.8. The lowest BCUT2D eigenvalue weighted by Gasteiger charge is -2.50. The van der Waals surface area contributed by atoms with E-state index in [0.717, 1.165) is 243 Å². The molecular weight excluding hydrogens is 1790 g/mol. The molecule has 0 bridgehead atoms. The summed E-state index contributed by atoms with van der Waals surface area (Å²) in [7, 11) is -3.10. The third-order valence-electron chi connectivity index (χ3n) is 30.9. The second kappa shape index (κ2) is 44.3. The average Bonchev–Trinajstić information content (AvgIpc) is 1.37. The number of piperazine rings is 2. The summed E-state index contributed by atoms with van der Waals surface area (Å²) in [6.07, 6.45) is 56.0. The summed E-state index contributed by atoms with van der Waals surface area (Å²) in [5.41, 5.74) is 18.7. The number of Topliss-reactive ketones (excluding diaryl/α,β-unsaturated/α-hetero) is 4. The van der Waals surface area contributed by atoms with E-state index in [-0.39, 0.29) is 101 Å². The lowest BCUT2D eigenvalue weighted by atomic mass is 9.74. The second-order valence-corrected chi connectivity index (χ2v) is 46.5. The number of carboxylic acids is 1. The molecule has 18 rings (SSSR count). The molecule has 8 N–H and O–H groups in total. The fourth-order valence-corrected chi connectivity index (χ4v) is 24.2. The Labute approximate surface area is 830 Å². The molecule has 0 unspecified atom stereocenters. The van der Waals surface area contributed by atoms with E-state index in [9.17, 15) is 47.7 Å². The van der Waals surface area contributed by atoms with E-state index >= 15 is 0 Å². The molecule has 0 amide bonds. The molecule has 0 atom stereocenters. The number of allylic oxidation sites excluding steroid dienone is 8. The summed E-state index contributed by atoms with van der Waals surface area (Å²) in [5.74, 6) is 11.8. The highest BCUT2D eigenvalue weighted by Crippen LogP contribution is 2.49. The monoisotopic (exact) mass is 1930 g/mol. The van der Waals surface area contributed by atoms with E-state index in [1.165, 1.54) is 52.0 Å². The number of aromatic amines is 4. The topological polar surface area (TPSA) is 335 Å². The maximum atomic E-state index is 13.2. The van der Waals surface area contributed by atoms with Crippen LogP contribution in [0.5, 0.6) is 0 Å². The number of nitrogens with zero attached hydrogens (tertiary/aromatic N) is 7. The Morgan fingerprint density at radius 2 is 0.700 bits per heavy atom. The first-order valence-electron chi connectivity index (χ1n) is 49.9. The van der Waals surface area contributed by atoms with Gasteiger partial charge >= 0.3 is 5.97 Å². The number of ether oxygens (including phenoxy) is 2. The van der Waals surface area contributed by atoms with Crippen molar-refractivity contribution in [3.63, 3.8) is 0 Å². The number of imidazole rings is 4. The molecule has 24 nitrogen and oxygen atoms in total. The van der Waals surface area contributed by atoms with Crippen LogP contribution in [0.4, 0.5) is 0 Å².